The van der Waals surface area contributed by atoms with E-state index in [0.717, 1.165) is 10.2 Å². The van der Waals surface area contributed by atoms with E-state index in [-0.39, 0.29) is 11.3 Å². The molecule has 0 aliphatic rings. The lowest BCUT2D eigenvalue weighted by atomic mass is 9.97. The van der Waals surface area contributed by atoms with E-state index < -0.39 is 0 Å². The molecule has 3 aromatic rings. The molecule has 0 amide bonds. The van der Waals surface area contributed by atoms with Gasteiger partial charge in [0.1, 0.15) is 0 Å². The molecule has 0 aliphatic heterocycles. The lowest BCUT2D eigenvalue weighted by Crippen LogP contribution is -2.30. The average molecular weight is 278 g/mol. The van der Waals surface area contributed by atoms with Crippen LogP contribution in [0.4, 0.5) is 0 Å². The van der Waals surface area contributed by atoms with Gasteiger partial charge in [0.05, 0.1) is 11.3 Å². The first-order valence-corrected chi connectivity index (χ1v) is 6.60. The van der Waals surface area contributed by atoms with E-state index in [2.05, 4.69) is 0 Å². The number of nitrogen functional groups attached to an aromatic ring is 1. The number of Topliss-reactive ketones (excluding diaryl/α,β-unsaturated/α-hetero) is 1. The minimum absolute atomic E-state index is 0.121. The molecule has 3 rings (SSSR count). The van der Waals surface area contributed by atoms with Crippen molar-refractivity contribution in [2.45, 2.75) is 6.92 Å². The molecule has 0 unspecified atom stereocenters. The Morgan fingerprint density at radius 3 is 2.14 bits per heavy atom. The van der Waals surface area contributed by atoms with E-state index in [4.69, 9.17) is 5.84 Å². The highest BCUT2D eigenvalue weighted by atomic mass is 16.1. The van der Waals surface area contributed by atoms with Crippen LogP contribution < -0.4 is 11.4 Å². The van der Waals surface area contributed by atoms with Gasteiger partial charge in [0.15, 0.2) is 5.78 Å². The van der Waals surface area contributed by atoms with Gasteiger partial charge in [-0.3, -0.25) is 9.59 Å². The van der Waals surface area contributed by atoms with Crippen LogP contribution in [0.5, 0.6) is 0 Å². The summed E-state index contributed by atoms with van der Waals surface area (Å²) >= 11 is 0. The van der Waals surface area contributed by atoms with Crippen molar-refractivity contribution in [3.63, 3.8) is 0 Å². The molecule has 2 aromatic carbocycles. The highest BCUT2D eigenvalue weighted by molar-refractivity contribution is 6.11. The second kappa shape index (κ2) is 4.90. The van der Waals surface area contributed by atoms with E-state index in [1.54, 1.807) is 18.2 Å². The average Bonchev–Trinajstić information content (AvgIpc) is 2.51. The second-order valence-corrected chi connectivity index (χ2v) is 4.87. The van der Waals surface area contributed by atoms with E-state index in [1.165, 1.54) is 6.92 Å². The van der Waals surface area contributed by atoms with Gasteiger partial charge in [-0.15, -0.1) is 0 Å². The van der Waals surface area contributed by atoms with E-state index >= 15 is 0 Å². The SMILES string of the molecule is CC(=O)c1c(-c2ccccc2)n(N)c(=O)c2ccccc12. The first-order valence-electron chi connectivity index (χ1n) is 6.60. The number of rotatable bonds is 2. The van der Waals surface area contributed by atoms with Crippen LogP contribution in [-0.2, 0) is 0 Å². The van der Waals surface area contributed by atoms with Crippen LogP contribution in [0.1, 0.15) is 17.3 Å². The molecule has 0 aliphatic carbocycles. The normalized spacial score (nSPS) is 10.7. The lowest BCUT2D eigenvalue weighted by molar-refractivity contribution is 0.101. The van der Waals surface area contributed by atoms with Gasteiger partial charge in [-0.1, -0.05) is 48.5 Å². The molecule has 0 radical (unpaired) electrons. The van der Waals surface area contributed by atoms with Crippen molar-refractivity contribution in [2.24, 2.45) is 0 Å². The summed E-state index contributed by atoms with van der Waals surface area (Å²) in [6, 6.07) is 16.3. The maximum atomic E-state index is 12.4. The monoisotopic (exact) mass is 278 g/mol. The molecule has 0 atom stereocenters. The second-order valence-electron chi connectivity index (χ2n) is 4.87. The Bertz CT molecular complexity index is 896. The minimum Gasteiger partial charge on any atom is -0.336 e. The van der Waals surface area contributed by atoms with Gasteiger partial charge in [-0.25, -0.2) is 4.68 Å². The van der Waals surface area contributed by atoms with Crippen molar-refractivity contribution in [1.82, 2.24) is 4.68 Å². The van der Waals surface area contributed by atoms with E-state index in [0.29, 0.717) is 22.0 Å². The Kier molecular flexibility index (Phi) is 3.06. The van der Waals surface area contributed by atoms with Crippen molar-refractivity contribution >= 4 is 16.6 Å². The van der Waals surface area contributed by atoms with Crippen LogP contribution in [0.25, 0.3) is 22.0 Å². The fourth-order valence-electron chi connectivity index (χ4n) is 2.60. The Hall–Kier alpha value is -2.88. The molecule has 2 N–H and O–H groups in total. The smallest absolute Gasteiger partial charge is 0.277 e. The van der Waals surface area contributed by atoms with Gasteiger partial charge in [-0.05, 0) is 13.0 Å². The number of carbonyl (C=O) groups is 1. The molecular formula is C17H14N2O2. The highest BCUT2D eigenvalue weighted by Gasteiger charge is 2.19. The zero-order chi connectivity index (χ0) is 15.0. The number of ketones is 1. The zero-order valence-electron chi connectivity index (χ0n) is 11.5. The van der Waals surface area contributed by atoms with Gasteiger partial charge in [-0.2, -0.15) is 0 Å². The summed E-state index contributed by atoms with van der Waals surface area (Å²) in [5.41, 5.74) is 1.35. The van der Waals surface area contributed by atoms with Crippen molar-refractivity contribution in [3.8, 4) is 11.3 Å². The van der Waals surface area contributed by atoms with Gasteiger partial charge in [0, 0.05) is 16.3 Å². The van der Waals surface area contributed by atoms with Gasteiger partial charge < -0.3 is 5.84 Å². The number of fused-ring (bicyclic) bond motifs is 1. The predicted octanol–water partition coefficient (Wildman–Crippen LogP) is 2.58. The zero-order valence-corrected chi connectivity index (χ0v) is 11.5. The molecule has 0 saturated heterocycles. The fourth-order valence-corrected chi connectivity index (χ4v) is 2.60. The van der Waals surface area contributed by atoms with Gasteiger partial charge in [0.25, 0.3) is 5.56 Å². The molecule has 4 heteroatoms. The Labute approximate surface area is 121 Å². The molecular weight excluding hydrogens is 264 g/mol. The lowest BCUT2D eigenvalue weighted by Gasteiger charge is -2.15. The van der Waals surface area contributed by atoms with Crippen LogP contribution in [0.15, 0.2) is 59.4 Å². The third-order valence-electron chi connectivity index (χ3n) is 3.52. The largest absolute Gasteiger partial charge is 0.336 e. The fraction of sp³-hybridized carbons (Fsp3) is 0.0588. The van der Waals surface area contributed by atoms with Crippen LogP contribution >= 0.6 is 0 Å². The highest BCUT2D eigenvalue weighted by Crippen LogP contribution is 2.27. The first kappa shape index (κ1) is 13.1. The summed E-state index contributed by atoms with van der Waals surface area (Å²) in [5.74, 6) is 5.85. The number of nitrogens with two attached hydrogens (primary N) is 1. The number of nitrogens with zero attached hydrogens (tertiary/aromatic N) is 1. The van der Waals surface area contributed by atoms with E-state index in [9.17, 15) is 9.59 Å². The number of hydrogen-bond acceptors (Lipinski definition) is 3. The van der Waals surface area contributed by atoms with Crippen molar-refractivity contribution in [2.75, 3.05) is 5.84 Å². The summed E-state index contributed by atoms with van der Waals surface area (Å²) in [4.78, 5) is 24.6. The van der Waals surface area contributed by atoms with Crippen LogP contribution in [0.2, 0.25) is 0 Å². The molecule has 0 saturated carbocycles. The molecule has 4 nitrogen and oxygen atoms in total. The van der Waals surface area contributed by atoms with Gasteiger partial charge in [0.2, 0.25) is 0 Å². The summed E-state index contributed by atoms with van der Waals surface area (Å²) in [6.07, 6.45) is 0. The topological polar surface area (TPSA) is 65.1 Å². The Morgan fingerprint density at radius 1 is 0.952 bits per heavy atom. The molecule has 1 aromatic heterocycles. The quantitative estimate of drug-likeness (QED) is 0.579. The number of aromatic nitrogens is 1. The molecule has 104 valence electrons. The number of benzene rings is 2. The first-order chi connectivity index (χ1) is 10.1. The maximum Gasteiger partial charge on any atom is 0.277 e. The summed E-state index contributed by atoms with van der Waals surface area (Å²) in [6.45, 7) is 1.48. The summed E-state index contributed by atoms with van der Waals surface area (Å²) < 4.78 is 1.06. The molecule has 21 heavy (non-hydrogen) atoms. The molecule has 0 bridgehead atoms. The van der Waals surface area contributed by atoms with Crippen LogP contribution in [0.3, 0.4) is 0 Å². The third-order valence-corrected chi connectivity index (χ3v) is 3.52. The number of pyridine rings is 1. The summed E-state index contributed by atoms with van der Waals surface area (Å²) in [7, 11) is 0. The predicted molar refractivity (Wildman–Crippen MR) is 83.8 cm³/mol. The Morgan fingerprint density at radius 2 is 1.52 bits per heavy atom. The van der Waals surface area contributed by atoms with Crippen molar-refractivity contribution < 1.29 is 4.79 Å². The van der Waals surface area contributed by atoms with E-state index in [1.807, 2.05) is 36.4 Å². The Balaban J connectivity index is 2.55. The molecule has 0 spiro atoms. The minimum atomic E-state index is -0.311. The molecule has 0 fully saturated rings. The van der Waals surface area contributed by atoms with Crippen LogP contribution in [-0.4, -0.2) is 10.5 Å². The number of hydrogen-bond donors (Lipinski definition) is 1. The summed E-state index contributed by atoms with van der Waals surface area (Å²) in [5, 5.41) is 1.08. The maximum absolute atomic E-state index is 12.4. The van der Waals surface area contributed by atoms with Crippen molar-refractivity contribution in [1.29, 1.82) is 0 Å². The standard InChI is InChI=1S/C17H14N2O2/c1-11(20)15-13-9-5-6-10-14(13)17(21)19(18)16(15)12-7-3-2-4-8-12/h2-10H,18H2,1H3. The molecule has 1 heterocycles. The van der Waals surface area contributed by atoms with Gasteiger partial charge >= 0.3 is 0 Å². The van der Waals surface area contributed by atoms with Crippen molar-refractivity contribution in [3.05, 3.63) is 70.5 Å². The van der Waals surface area contributed by atoms with Crippen LogP contribution in [0, 0.1) is 0 Å². The third kappa shape index (κ3) is 2.01. The number of carbonyl (C=O) groups excluding carboxylic acids is 1.